The standard InChI is InChI=1S/C37H24N3.BF4/c1-4-13-25(14-5-1)38-28-19-10-21-30-34(28)37-35-29(38)20-11-22-31(35)40(27-17-8-3-9-18-27)33-24-12-23-32(36(33)37)39(30)26-15-6-2-7-16-26;2-1(3,4)5/h1-24H;/q+1;-1. The topological polar surface area (TPSA) is 14.8 Å². The second-order valence-electron chi connectivity index (χ2n) is 10.9. The van der Waals surface area contributed by atoms with Gasteiger partial charge in [-0.15, -0.1) is 0 Å². The number of rotatable bonds is 3. The summed E-state index contributed by atoms with van der Waals surface area (Å²) in [6, 6.07) is 52.5. The lowest BCUT2D eigenvalue weighted by molar-refractivity contribution is 0.368. The monoisotopic (exact) mass is 597 g/mol. The molecule has 0 radical (unpaired) electrons. The molecule has 9 rings (SSSR count). The number of aromatic nitrogens is 3. The van der Waals surface area contributed by atoms with E-state index in [1.165, 1.54) is 54.6 Å². The molecule has 6 aromatic carbocycles. The lowest BCUT2D eigenvalue weighted by Crippen LogP contribution is -2.10. The van der Waals surface area contributed by atoms with E-state index in [2.05, 4.69) is 159 Å². The molecular weight excluding hydrogens is 573 g/mol. The molecule has 0 atom stereocenters. The highest BCUT2D eigenvalue weighted by molar-refractivity contribution is 6.50. The molecule has 0 saturated carbocycles. The summed E-state index contributed by atoms with van der Waals surface area (Å²) >= 11 is 0. The molecule has 0 unspecified atom stereocenters. The van der Waals surface area contributed by atoms with Crippen LogP contribution >= 0.6 is 0 Å². The third-order valence-corrected chi connectivity index (χ3v) is 8.30. The number of benzene rings is 6. The minimum absolute atomic E-state index is 1.16. The molecule has 3 heterocycles. The minimum Gasteiger partial charge on any atom is -0.418 e. The van der Waals surface area contributed by atoms with Gasteiger partial charge in [-0.05, 0) is 91.0 Å². The van der Waals surface area contributed by atoms with E-state index in [1.807, 2.05) is 0 Å². The number of para-hydroxylation sites is 3. The molecule has 0 fully saturated rings. The Balaban J connectivity index is 0.000000560. The fraction of sp³-hybridized carbons (Fsp3) is 0. The summed E-state index contributed by atoms with van der Waals surface area (Å²) in [5.41, 5.74) is 10.7. The zero-order valence-corrected chi connectivity index (χ0v) is 23.8. The van der Waals surface area contributed by atoms with Crippen molar-refractivity contribution in [2.75, 3.05) is 0 Å². The fourth-order valence-electron chi connectivity index (χ4n) is 6.80. The third-order valence-electron chi connectivity index (χ3n) is 8.30. The first kappa shape index (κ1) is 27.0. The van der Waals surface area contributed by atoms with Crippen molar-refractivity contribution in [1.29, 1.82) is 0 Å². The molecule has 218 valence electrons. The Bertz CT molecular complexity index is 2110. The van der Waals surface area contributed by atoms with Gasteiger partial charge in [-0.3, -0.25) is 13.7 Å². The lowest BCUT2D eigenvalue weighted by atomic mass is 9.94. The molecule has 0 aliphatic carbocycles. The van der Waals surface area contributed by atoms with Gasteiger partial charge in [0.15, 0.2) is 0 Å². The van der Waals surface area contributed by atoms with Crippen molar-refractivity contribution in [3.8, 4) is 17.1 Å². The molecule has 0 bridgehead atoms. The fourth-order valence-corrected chi connectivity index (χ4v) is 6.80. The predicted molar refractivity (Wildman–Crippen MR) is 178 cm³/mol. The van der Waals surface area contributed by atoms with Crippen LogP contribution in [0.5, 0.6) is 0 Å². The molecule has 9 aromatic rings. The first-order valence-corrected chi connectivity index (χ1v) is 14.6. The van der Waals surface area contributed by atoms with E-state index in [1.54, 1.807) is 0 Å². The zero-order chi connectivity index (χ0) is 30.7. The second-order valence-corrected chi connectivity index (χ2v) is 10.9. The molecule has 0 amide bonds. The van der Waals surface area contributed by atoms with Gasteiger partial charge in [0.2, 0.25) is 0 Å². The molecule has 0 spiro atoms. The van der Waals surface area contributed by atoms with Crippen LogP contribution in [0, 0.1) is 0 Å². The number of halogens is 4. The van der Waals surface area contributed by atoms with Crippen molar-refractivity contribution >= 4 is 61.9 Å². The third kappa shape index (κ3) is 4.32. The van der Waals surface area contributed by atoms with Crippen molar-refractivity contribution in [3.63, 3.8) is 0 Å². The van der Waals surface area contributed by atoms with Crippen LogP contribution in [0.4, 0.5) is 17.3 Å². The Morgan fingerprint density at radius 2 is 0.556 bits per heavy atom. The SMILES string of the molecule is F[B-](F)(F)F.c1ccc(-n2c3cccc4c3[c+]3c5c2cccc5n(-c2ccccc2)c2cccc(c23)n4-c2ccccc2)cc1. The van der Waals surface area contributed by atoms with E-state index < -0.39 is 7.25 Å². The van der Waals surface area contributed by atoms with Crippen LogP contribution in [-0.4, -0.2) is 21.0 Å². The Kier molecular flexibility index (Phi) is 6.13. The summed E-state index contributed by atoms with van der Waals surface area (Å²) in [6.07, 6.45) is 0. The van der Waals surface area contributed by atoms with Crippen LogP contribution in [0.2, 0.25) is 0 Å². The summed E-state index contributed by atoms with van der Waals surface area (Å²) in [4.78, 5) is 0. The molecule has 0 aliphatic heterocycles. The van der Waals surface area contributed by atoms with Crippen molar-refractivity contribution < 1.29 is 17.3 Å². The molecule has 0 N–H and O–H groups in total. The predicted octanol–water partition coefficient (Wildman–Crippen LogP) is 10.8. The van der Waals surface area contributed by atoms with Gasteiger partial charge in [-0.2, -0.15) is 0 Å². The molecule has 0 aliphatic rings. The number of hydrogen-bond acceptors (Lipinski definition) is 0. The van der Waals surface area contributed by atoms with Gasteiger partial charge in [0, 0.05) is 0 Å². The van der Waals surface area contributed by atoms with Gasteiger partial charge in [-0.25, -0.2) is 0 Å². The molecule has 8 heteroatoms. The quantitative estimate of drug-likeness (QED) is 0.0633. The van der Waals surface area contributed by atoms with Gasteiger partial charge in [0.05, 0.1) is 22.4 Å². The number of hydrogen-bond donors (Lipinski definition) is 0. The van der Waals surface area contributed by atoms with Crippen molar-refractivity contribution in [1.82, 2.24) is 13.7 Å². The van der Waals surface area contributed by atoms with Gasteiger partial charge >= 0.3 is 7.25 Å². The van der Waals surface area contributed by atoms with Gasteiger partial charge in [0.1, 0.15) is 49.3 Å². The maximum Gasteiger partial charge on any atom is 0.673 e. The highest BCUT2D eigenvalue weighted by Crippen LogP contribution is 2.46. The van der Waals surface area contributed by atoms with E-state index in [9.17, 15) is 17.3 Å². The van der Waals surface area contributed by atoms with Gasteiger partial charge in [0.25, 0.3) is 0 Å². The molecule has 0 saturated heterocycles. The first-order chi connectivity index (χ1) is 21.9. The van der Waals surface area contributed by atoms with E-state index >= 15 is 0 Å². The van der Waals surface area contributed by atoms with E-state index in [4.69, 9.17) is 0 Å². The van der Waals surface area contributed by atoms with E-state index in [0.717, 1.165) is 17.1 Å². The van der Waals surface area contributed by atoms with Crippen molar-refractivity contribution in [2.45, 2.75) is 0 Å². The van der Waals surface area contributed by atoms with Crippen LogP contribution in [0.1, 0.15) is 0 Å². The normalized spacial score (nSPS) is 12.0. The molecule has 45 heavy (non-hydrogen) atoms. The Morgan fingerprint density at radius 1 is 0.333 bits per heavy atom. The van der Waals surface area contributed by atoms with Crippen LogP contribution in [0.25, 0.3) is 71.7 Å². The van der Waals surface area contributed by atoms with E-state index in [0.29, 0.717) is 0 Å². The maximum atomic E-state index is 9.75. The summed E-state index contributed by atoms with van der Waals surface area (Å²) in [5.74, 6) is 0. The Hall–Kier alpha value is -5.63. The average molecular weight is 597 g/mol. The molecule has 3 nitrogen and oxygen atoms in total. The summed E-state index contributed by atoms with van der Waals surface area (Å²) < 4.78 is 46.3. The second kappa shape index (κ2) is 10.2. The van der Waals surface area contributed by atoms with Gasteiger partial charge < -0.3 is 17.3 Å². The van der Waals surface area contributed by atoms with Crippen molar-refractivity contribution in [2.24, 2.45) is 0 Å². The Morgan fingerprint density at radius 3 is 0.778 bits per heavy atom. The summed E-state index contributed by atoms with van der Waals surface area (Å²) in [6.45, 7) is 0. The summed E-state index contributed by atoms with van der Waals surface area (Å²) in [7, 11) is -6.00. The number of pyridine rings is 3. The first-order valence-electron chi connectivity index (χ1n) is 14.6. The van der Waals surface area contributed by atoms with Gasteiger partial charge in [-0.1, -0.05) is 54.6 Å². The maximum absolute atomic E-state index is 9.75. The number of nitrogens with zero attached hydrogens (tertiary/aromatic N) is 3. The van der Waals surface area contributed by atoms with Crippen LogP contribution < -0.4 is 0 Å². The smallest absolute Gasteiger partial charge is 0.418 e. The zero-order valence-electron chi connectivity index (χ0n) is 23.8. The highest BCUT2D eigenvalue weighted by atomic mass is 19.5. The largest absolute Gasteiger partial charge is 0.673 e. The van der Waals surface area contributed by atoms with E-state index in [-0.39, 0.29) is 0 Å². The highest BCUT2D eigenvalue weighted by Gasteiger charge is 2.29. The van der Waals surface area contributed by atoms with Crippen LogP contribution in [0.3, 0.4) is 0 Å². The Labute approximate surface area is 255 Å². The average Bonchev–Trinajstić information content (AvgIpc) is 3.05. The van der Waals surface area contributed by atoms with Crippen LogP contribution in [-0.2, 0) is 0 Å². The lowest BCUT2D eigenvalue weighted by Gasteiger charge is -2.23. The molecular formula is C37H24BF4N3. The minimum atomic E-state index is -6.00. The summed E-state index contributed by atoms with van der Waals surface area (Å²) in [5, 5.41) is 5.17. The van der Waals surface area contributed by atoms with Crippen molar-refractivity contribution in [3.05, 3.63) is 146 Å². The molecule has 3 aromatic heterocycles. The van der Waals surface area contributed by atoms with Crippen LogP contribution in [0.15, 0.2) is 146 Å².